The number of hydrogen-bond acceptors (Lipinski definition) is 5. The lowest BCUT2D eigenvalue weighted by Crippen LogP contribution is -2.29. The predicted molar refractivity (Wildman–Crippen MR) is 72.3 cm³/mol. The molecule has 0 radical (unpaired) electrons. The highest BCUT2D eigenvalue weighted by atomic mass is 35.5. The fourth-order valence-corrected chi connectivity index (χ4v) is 1.72. The first kappa shape index (κ1) is 14.0. The molecular weight excluding hydrogens is 238 g/mol. The molecule has 17 heavy (non-hydrogen) atoms. The van der Waals surface area contributed by atoms with Gasteiger partial charge in [0.15, 0.2) is 11.0 Å². The minimum Gasteiger partial charge on any atom is -0.393 e. The number of nitrogens with zero attached hydrogens (tertiary/aromatic N) is 3. The standard InChI is InChI=1S/C11H20ClN5/c1-3-6-17(4-2)7-5-14-11-9(13)10(12)15-8-16-11/h8H,3-7,13H2,1-2H3,(H,14,15,16). The van der Waals surface area contributed by atoms with Crippen LogP contribution in [-0.2, 0) is 0 Å². The van der Waals surface area contributed by atoms with Crippen LogP contribution in [0.5, 0.6) is 0 Å². The summed E-state index contributed by atoms with van der Waals surface area (Å²) in [5.74, 6) is 0.609. The van der Waals surface area contributed by atoms with Crippen molar-refractivity contribution in [3.8, 4) is 0 Å². The van der Waals surface area contributed by atoms with Gasteiger partial charge in [0.2, 0.25) is 0 Å². The zero-order chi connectivity index (χ0) is 12.7. The maximum Gasteiger partial charge on any atom is 0.157 e. The van der Waals surface area contributed by atoms with E-state index in [1.807, 2.05) is 0 Å². The van der Waals surface area contributed by atoms with Gasteiger partial charge in [-0.25, -0.2) is 9.97 Å². The van der Waals surface area contributed by atoms with Crippen molar-refractivity contribution in [1.82, 2.24) is 14.9 Å². The van der Waals surface area contributed by atoms with E-state index >= 15 is 0 Å². The van der Waals surface area contributed by atoms with E-state index in [1.165, 1.54) is 6.33 Å². The van der Waals surface area contributed by atoms with Crippen molar-refractivity contribution < 1.29 is 0 Å². The van der Waals surface area contributed by atoms with Gasteiger partial charge in [-0.1, -0.05) is 25.4 Å². The van der Waals surface area contributed by atoms with Crippen LogP contribution in [0.1, 0.15) is 20.3 Å². The summed E-state index contributed by atoms with van der Waals surface area (Å²) in [4.78, 5) is 10.2. The molecule has 96 valence electrons. The van der Waals surface area contributed by atoms with Gasteiger partial charge in [0.05, 0.1) is 0 Å². The summed E-state index contributed by atoms with van der Waals surface area (Å²) >= 11 is 5.81. The third-order valence-electron chi connectivity index (χ3n) is 2.54. The molecule has 3 N–H and O–H groups in total. The van der Waals surface area contributed by atoms with Gasteiger partial charge in [0.25, 0.3) is 0 Å². The Morgan fingerprint density at radius 2 is 2.12 bits per heavy atom. The molecule has 0 spiro atoms. The second kappa shape index (κ2) is 7.29. The molecule has 0 saturated heterocycles. The Balaban J connectivity index is 2.42. The molecule has 0 aromatic carbocycles. The molecule has 1 aromatic rings. The van der Waals surface area contributed by atoms with E-state index in [-0.39, 0.29) is 0 Å². The quantitative estimate of drug-likeness (QED) is 0.730. The lowest BCUT2D eigenvalue weighted by atomic mass is 10.4. The van der Waals surface area contributed by atoms with Gasteiger partial charge in [-0.2, -0.15) is 0 Å². The minimum absolute atomic E-state index is 0.295. The first-order valence-corrected chi connectivity index (χ1v) is 6.29. The molecule has 0 atom stereocenters. The Morgan fingerprint density at radius 1 is 1.35 bits per heavy atom. The summed E-state index contributed by atoms with van der Waals surface area (Å²) in [6, 6.07) is 0. The number of aromatic nitrogens is 2. The van der Waals surface area contributed by atoms with Crippen molar-refractivity contribution in [2.75, 3.05) is 37.2 Å². The summed E-state index contributed by atoms with van der Waals surface area (Å²) in [7, 11) is 0. The van der Waals surface area contributed by atoms with E-state index in [4.69, 9.17) is 17.3 Å². The Morgan fingerprint density at radius 3 is 2.76 bits per heavy atom. The van der Waals surface area contributed by atoms with Crippen LogP contribution < -0.4 is 11.1 Å². The summed E-state index contributed by atoms with van der Waals surface area (Å²) in [6.45, 7) is 8.26. The van der Waals surface area contributed by atoms with Crippen molar-refractivity contribution in [2.45, 2.75) is 20.3 Å². The van der Waals surface area contributed by atoms with Gasteiger partial charge in [0.1, 0.15) is 12.0 Å². The Labute approximate surface area is 107 Å². The Hall–Kier alpha value is -1.07. The van der Waals surface area contributed by atoms with Gasteiger partial charge in [-0.05, 0) is 19.5 Å². The topological polar surface area (TPSA) is 67.1 Å². The zero-order valence-corrected chi connectivity index (χ0v) is 11.2. The van der Waals surface area contributed by atoms with E-state index in [9.17, 15) is 0 Å². The molecule has 1 rings (SSSR count). The van der Waals surface area contributed by atoms with E-state index < -0.39 is 0 Å². The maximum absolute atomic E-state index is 5.81. The normalized spacial score (nSPS) is 10.8. The lowest BCUT2D eigenvalue weighted by molar-refractivity contribution is 0.300. The van der Waals surface area contributed by atoms with Crippen LogP contribution in [0.4, 0.5) is 11.5 Å². The molecule has 6 heteroatoms. The van der Waals surface area contributed by atoms with Gasteiger partial charge >= 0.3 is 0 Å². The van der Waals surface area contributed by atoms with Crippen LogP contribution >= 0.6 is 11.6 Å². The average Bonchev–Trinajstić information content (AvgIpc) is 2.33. The predicted octanol–water partition coefficient (Wildman–Crippen LogP) is 1.86. The summed E-state index contributed by atoms with van der Waals surface area (Å²) < 4.78 is 0. The van der Waals surface area contributed by atoms with E-state index in [0.717, 1.165) is 32.6 Å². The Bertz CT molecular complexity index is 345. The van der Waals surface area contributed by atoms with Crippen LogP contribution in [0.3, 0.4) is 0 Å². The number of hydrogen-bond donors (Lipinski definition) is 2. The third kappa shape index (κ3) is 4.36. The highest BCUT2D eigenvalue weighted by Gasteiger charge is 2.06. The molecule has 0 saturated carbocycles. The van der Waals surface area contributed by atoms with E-state index in [2.05, 4.69) is 34.0 Å². The van der Waals surface area contributed by atoms with E-state index in [0.29, 0.717) is 16.7 Å². The number of halogens is 1. The molecule has 5 nitrogen and oxygen atoms in total. The number of likely N-dealkylation sites (N-methyl/N-ethyl adjacent to an activating group) is 1. The first-order chi connectivity index (χ1) is 8.19. The second-order valence-electron chi connectivity index (χ2n) is 3.79. The Kier molecular flexibility index (Phi) is 6.00. The van der Waals surface area contributed by atoms with Gasteiger partial charge in [0, 0.05) is 13.1 Å². The highest BCUT2D eigenvalue weighted by molar-refractivity contribution is 6.32. The molecular formula is C11H20ClN5. The van der Waals surface area contributed by atoms with Crippen molar-refractivity contribution in [3.05, 3.63) is 11.5 Å². The van der Waals surface area contributed by atoms with E-state index in [1.54, 1.807) is 0 Å². The van der Waals surface area contributed by atoms with Crippen LogP contribution in [-0.4, -0.2) is 41.0 Å². The van der Waals surface area contributed by atoms with Crippen molar-refractivity contribution >= 4 is 23.1 Å². The molecule has 1 heterocycles. The molecule has 0 aliphatic rings. The SMILES string of the molecule is CCCN(CC)CCNc1ncnc(Cl)c1N. The average molecular weight is 258 g/mol. The van der Waals surface area contributed by atoms with Gasteiger partial charge in [-0.15, -0.1) is 0 Å². The van der Waals surface area contributed by atoms with Crippen LogP contribution in [0, 0.1) is 0 Å². The number of rotatable bonds is 7. The number of nitrogens with two attached hydrogens (primary N) is 1. The maximum atomic E-state index is 5.81. The fraction of sp³-hybridized carbons (Fsp3) is 0.636. The van der Waals surface area contributed by atoms with Crippen molar-refractivity contribution in [1.29, 1.82) is 0 Å². The first-order valence-electron chi connectivity index (χ1n) is 5.91. The van der Waals surface area contributed by atoms with Crippen LogP contribution in [0.15, 0.2) is 6.33 Å². The molecule has 0 bridgehead atoms. The second-order valence-corrected chi connectivity index (χ2v) is 4.15. The van der Waals surface area contributed by atoms with Gasteiger partial charge in [-0.3, -0.25) is 0 Å². The van der Waals surface area contributed by atoms with Crippen molar-refractivity contribution in [3.63, 3.8) is 0 Å². The number of nitrogens with one attached hydrogen (secondary N) is 1. The minimum atomic E-state index is 0.295. The largest absolute Gasteiger partial charge is 0.393 e. The molecule has 0 fully saturated rings. The summed E-state index contributed by atoms with van der Waals surface area (Å²) in [5, 5.41) is 3.47. The van der Waals surface area contributed by atoms with Gasteiger partial charge < -0.3 is 16.0 Å². The highest BCUT2D eigenvalue weighted by Crippen LogP contribution is 2.21. The molecule has 0 aliphatic heterocycles. The fourth-order valence-electron chi connectivity index (χ4n) is 1.59. The third-order valence-corrected chi connectivity index (χ3v) is 2.84. The summed E-state index contributed by atoms with van der Waals surface area (Å²) in [5.41, 5.74) is 6.17. The molecule has 1 aromatic heterocycles. The molecule has 0 aliphatic carbocycles. The van der Waals surface area contributed by atoms with Crippen molar-refractivity contribution in [2.24, 2.45) is 0 Å². The van der Waals surface area contributed by atoms with Crippen LogP contribution in [0.2, 0.25) is 5.15 Å². The number of anilines is 2. The lowest BCUT2D eigenvalue weighted by Gasteiger charge is -2.19. The number of nitrogen functional groups attached to an aromatic ring is 1. The smallest absolute Gasteiger partial charge is 0.157 e. The molecule has 0 unspecified atom stereocenters. The van der Waals surface area contributed by atoms with Crippen LogP contribution in [0.25, 0.3) is 0 Å². The molecule has 0 amide bonds. The summed E-state index contributed by atoms with van der Waals surface area (Å²) in [6.07, 6.45) is 2.57. The zero-order valence-electron chi connectivity index (χ0n) is 10.4. The monoisotopic (exact) mass is 257 g/mol.